The molecule has 10 nitrogen and oxygen atoms in total. The van der Waals surface area contributed by atoms with Crippen molar-refractivity contribution in [3.8, 4) is 11.5 Å². The highest BCUT2D eigenvalue weighted by atomic mass is 127. The molecule has 0 atom stereocenters. The molecule has 2 N–H and O–H groups in total. The molecule has 0 aliphatic carbocycles. The zero-order valence-corrected chi connectivity index (χ0v) is 21.5. The monoisotopic (exact) mass is 593 g/mol. The number of nitrogens with zero attached hydrogens (tertiary/aromatic N) is 1. The number of hydrogen-bond donors (Lipinski definition) is 2. The minimum atomic E-state index is -0.698. The topological polar surface area (TPSA) is 123 Å². The molecule has 0 radical (unpaired) electrons. The van der Waals surface area contributed by atoms with E-state index in [1.54, 1.807) is 37.3 Å². The number of rotatable bonds is 9. The number of esters is 1. The SMILES string of the molecule is CCOC(=O)COc1c(I)cc(/C=C2/NC(=O)N(CC(=O)Nc3cccc(C)c3)C2=O)cc1OC. The summed E-state index contributed by atoms with van der Waals surface area (Å²) in [6.07, 6.45) is 1.47. The lowest BCUT2D eigenvalue weighted by molar-refractivity contribution is -0.145. The van der Waals surface area contributed by atoms with Crippen LogP contribution in [-0.2, 0) is 19.1 Å². The first-order chi connectivity index (χ1) is 16.7. The molecular weight excluding hydrogens is 569 g/mol. The number of anilines is 1. The van der Waals surface area contributed by atoms with E-state index in [0.29, 0.717) is 26.3 Å². The lowest BCUT2D eigenvalue weighted by Gasteiger charge is -2.13. The molecule has 35 heavy (non-hydrogen) atoms. The molecule has 1 fully saturated rings. The van der Waals surface area contributed by atoms with Gasteiger partial charge in [-0.2, -0.15) is 0 Å². The van der Waals surface area contributed by atoms with E-state index in [2.05, 4.69) is 10.6 Å². The van der Waals surface area contributed by atoms with Gasteiger partial charge in [0.15, 0.2) is 18.1 Å². The fraction of sp³-hybridized carbons (Fsp3) is 0.250. The van der Waals surface area contributed by atoms with Crippen LogP contribution in [0.3, 0.4) is 0 Å². The highest BCUT2D eigenvalue weighted by Gasteiger charge is 2.35. The molecule has 0 aromatic heterocycles. The number of methoxy groups -OCH3 is 1. The van der Waals surface area contributed by atoms with Gasteiger partial charge in [-0.05, 0) is 77.9 Å². The van der Waals surface area contributed by atoms with Gasteiger partial charge in [-0.1, -0.05) is 12.1 Å². The maximum absolute atomic E-state index is 12.8. The fourth-order valence-electron chi connectivity index (χ4n) is 3.25. The van der Waals surface area contributed by atoms with Gasteiger partial charge < -0.3 is 24.8 Å². The first-order valence-electron chi connectivity index (χ1n) is 10.6. The summed E-state index contributed by atoms with van der Waals surface area (Å²) < 4.78 is 16.4. The van der Waals surface area contributed by atoms with Gasteiger partial charge in [0.1, 0.15) is 12.2 Å². The Bertz CT molecular complexity index is 1200. The Morgan fingerprint density at radius 1 is 1.20 bits per heavy atom. The molecule has 2 aromatic carbocycles. The van der Waals surface area contributed by atoms with Gasteiger partial charge in [0, 0.05) is 5.69 Å². The Morgan fingerprint density at radius 3 is 2.66 bits per heavy atom. The molecule has 0 bridgehead atoms. The first kappa shape index (κ1) is 26.0. The van der Waals surface area contributed by atoms with Gasteiger partial charge in [0.25, 0.3) is 5.91 Å². The van der Waals surface area contributed by atoms with Crippen molar-refractivity contribution in [1.29, 1.82) is 0 Å². The van der Waals surface area contributed by atoms with Crippen LogP contribution in [-0.4, -0.2) is 55.6 Å². The van der Waals surface area contributed by atoms with Crippen molar-refractivity contribution in [3.05, 3.63) is 56.8 Å². The number of aryl methyl sites for hydroxylation is 1. The minimum Gasteiger partial charge on any atom is -0.493 e. The van der Waals surface area contributed by atoms with Crippen LogP contribution in [0.4, 0.5) is 10.5 Å². The molecule has 0 unspecified atom stereocenters. The number of ether oxygens (including phenoxy) is 3. The fourth-order valence-corrected chi connectivity index (χ4v) is 4.03. The van der Waals surface area contributed by atoms with E-state index in [1.807, 2.05) is 35.6 Å². The van der Waals surface area contributed by atoms with Crippen LogP contribution in [0, 0.1) is 10.5 Å². The number of nitrogens with one attached hydrogen (secondary N) is 2. The van der Waals surface area contributed by atoms with E-state index in [1.165, 1.54) is 13.2 Å². The molecule has 1 aliphatic heterocycles. The summed E-state index contributed by atoms with van der Waals surface area (Å²) in [7, 11) is 1.44. The number of urea groups is 1. The van der Waals surface area contributed by atoms with Crippen molar-refractivity contribution < 1.29 is 33.4 Å². The standard InChI is InChI=1S/C24H24IN3O7/c1-4-34-21(30)13-35-22-17(25)9-15(11-19(22)33-3)10-18-23(31)28(24(32)27-18)12-20(29)26-16-7-5-6-14(2)8-16/h5-11H,4,12-13H2,1-3H3,(H,26,29)(H,27,32)/b18-10+. The number of carbonyl (C=O) groups excluding carboxylic acids is 4. The highest BCUT2D eigenvalue weighted by Crippen LogP contribution is 2.34. The Hall–Kier alpha value is -3.61. The molecule has 4 amide bonds. The van der Waals surface area contributed by atoms with Gasteiger partial charge in [-0.25, -0.2) is 14.5 Å². The predicted molar refractivity (Wildman–Crippen MR) is 136 cm³/mol. The summed E-state index contributed by atoms with van der Waals surface area (Å²) in [5, 5.41) is 5.16. The van der Waals surface area contributed by atoms with Crippen LogP contribution in [0.1, 0.15) is 18.1 Å². The third-order valence-corrected chi connectivity index (χ3v) is 5.57. The van der Waals surface area contributed by atoms with Gasteiger partial charge in [-0.15, -0.1) is 0 Å². The van der Waals surface area contributed by atoms with Gasteiger partial charge in [0.05, 0.1) is 17.3 Å². The number of hydrogen-bond acceptors (Lipinski definition) is 7. The van der Waals surface area contributed by atoms with Crippen molar-refractivity contribution in [2.24, 2.45) is 0 Å². The van der Waals surface area contributed by atoms with Crippen LogP contribution in [0.2, 0.25) is 0 Å². The second kappa shape index (κ2) is 11.7. The van der Waals surface area contributed by atoms with Crippen molar-refractivity contribution in [2.45, 2.75) is 13.8 Å². The molecule has 3 rings (SSSR count). The average molecular weight is 593 g/mol. The molecule has 11 heteroatoms. The van der Waals surface area contributed by atoms with E-state index in [-0.39, 0.29) is 18.9 Å². The Labute approximate surface area is 215 Å². The first-order valence-corrected chi connectivity index (χ1v) is 11.7. The predicted octanol–water partition coefficient (Wildman–Crippen LogP) is 3.08. The summed E-state index contributed by atoms with van der Waals surface area (Å²) in [6, 6.07) is 9.78. The second-order valence-corrected chi connectivity index (χ2v) is 8.59. The smallest absolute Gasteiger partial charge is 0.344 e. The van der Waals surface area contributed by atoms with Crippen LogP contribution in [0.25, 0.3) is 6.08 Å². The number of amides is 4. The summed E-state index contributed by atoms with van der Waals surface area (Å²) in [4.78, 5) is 50.0. The van der Waals surface area contributed by atoms with E-state index >= 15 is 0 Å². The molecule has 1 aliphatic rings. The van der Waals surface area contributed by atoms with Crippen LogP contribution in [0.5, 0.6) is 11.5 Å². The summed E-state index contributed by atoms with van der Waals surface area (Å²) in [5.74, 6) is -0.966. The zero-order chi connectivity index (χ0) is 25.5. The van der Waals surface area contributed by atoms with Crippen molar-refractivity contribution in [3.63, 3.8) is 0 Å². The number of halogens is 1. The number of imide groups is 1. The summed E-state index contributed by atoms with van der Waals surface area (Å²) in [6.45, 7) is 3.12. The molecule has 0 spiro atoms. The normalized spacial score (nSPS) is 14.1. The van der Waals surface area contributed by atoms with Gasteiger partial charge in [-0.3, -0.25) is 9.59 Å². The van der Waals surface area contributed by atoms with Crippen LogP contribution < -0.4 is 20.1 Å². The lowest BCUT2D eigenvalue weighted by Crippen LogP contribution is -2.38. The third kappa shape index (κ3) is 6.72. The molecular formula is C24H24IN3O7. The summed E-state index contributed by atoms with van der Waals surface area (Å²) >= 11 is 2.01. The van der Waals surface area contributed by atoms with Crippen molar-refractivity contribution in [2.75, 3.05) is 32.2 Å². The second-order valence-electron chi connectivity index (χ2n) is 7.42. The Morgan fingerprint density at radius 2 is 1.97 bits per heavy atom. The van der Waals surface area contributed by atoms with Crippen molar-refractivity contribution >= 4 is 58.2 Å². The van der Waals surface area contributed by atoms with Crippen molar-refractivity contribution in [1.82, 2.24) is 10.2 Å². The molecule has 184 valence electrons. The average Bonchev–Trinajstić information content (AvgIpc) is 3.05. The van der Waals surface area contributed by atoms with E-state index in [9.17, 15) is 19.2 Å². The van der Waals surface area contributed by atoms with Gasteiger partial charge in [0.2, 0.25) is 5.91 Å². The largest absolute Gasteiger partial charge is 0.493 e. The zero-order valence-electron chi connectivity index (χ0n) is 19.3. The van der Waals surface area contributed by atoms with E-state index in [0.717, 1.165) is 10.5 Å². The Balaban J connectivity index is 1.73. The Kier molecular flexibility index (Phi) is 8.68. The van der Waals surface area contributed by atoms with E-state index < -0.39 is 30.4 Å². The quantitative estimate of drug-likeness (QED) is 0.198. The number of carbonyl (C=O) groups is 4. The lowest BCUT2D eigenvalue weighted by atomic mass is 10.1. The van der Waals surface area contributed by atoms with E-state index in [4.69, 9.17) is 14.2 Å². The van der Waals surface area contributed by atoms with Gasteiger partial charge >= 0.3 is 12.0 Å². The molecule has 1 saturated heterocycles. The molecule has 1 heterocycles. The molecule has 2 aromatic rings. The maximum atomic E-state index is 12.8. The highest BCUT2D eigenvalue weighted by molar-refractivity contribution is 14.1. The minimum absolute atomic E-state index is 0.0106. The summed E-state index contributed by atoms with van der Waals surface area (Å²) in [5.41, 5.74) is 2.09. The maximum Gasteiger partial charge on any atom is 0.344 e. The van der Waals surface area contributed by atoms with Crippen LogP contribution in [0.15, 0.2) is 42.1 Å². The van der Waals surface area contributed by atoms with Crippen LogP contribution >= 0.6 is 22.6 Å². The number of benzene rings is 2. The third-order valence-electron chi connectivity index (χ3n) is 4.77. The molecule has 0 saturated carbocycles.